The number of hydrogen-bond acceptors (Lipinski definition) is 2. The fourth-order valence-corrected chi connectivity index (χ4v) is 7.18. The largest absolute Gasteiger partial charge is 0.295 e. The number of rotatable bonds is 2. The zero-order valence-corrected chi connectivity index (χ0v) is 22.9. The van der Waals surface area contributed by atoms with Gasteiger partial charge in [0, 0.05) is 33.9 Å². The van der Waals surface area contributed by atoms with Crippen LogP contribution >= 0.6 is 31.9 Å². The standard InChI is InChI=1S/C30H22Br2N2O2/c1-19(35)33-27-15-13-23(31)17-25(27)30(22-11-7-4-8-12-22)29(33,21-9-5-3-6-10-21)26-18-24(32)14-16-28(26)34(30)20(2)36/h3-18H,1-2H3/t29-,30+. The Bertz CT molecular complexity index is 1420. The zero-order valence-electron chi connectivity index (χ0n) is 19.7. The van der Waals surface area contributed by atoms with Crippen molar-refractivity contribution >= 4 is 55.0 Å². The summed E-state index contributed by atoms with van der Waals surface area (Å²) >= 11 is 7.36. The fraction of sp³-hybridized carbons (Fsp3) is 0.133. The molecule has 36 heavy (non-hydrogen) atoms. The molecule has 0 aliphatic carbocycles. The van der Waals surface area contributed by atoms with Crippen LogP contribution in [0.3, 0.4) is 0 Å². The van der Waals surface area contributed by atoms with Gasteiger partial charge in [-0.25, -0.2) is 0 Å². The molecular formula is C30H22Br2N2O2. The van der Waals surface area contributed by atoms with Gasteiger partial charge in [0.2, 0.25) is 11.8 Å². The van der Waals surface area contributed by atoms with E-state index in [1.807, 2.05) is 70.5 Å². The van der Waals surface area contributed by atoms with Crippen molar-refractivity contribution < 1.29 is 9.59 Å². The lowest BCUT2D eigenvalue weighted by Gasteiger charge is -2.49. The lowest BCUT2D eigenvalue weighted by Crippen LogP contribution is -2.62. The Hall–Kier alpha value is -3.22. The van der Waals surface area contributed by atoms with Crippen LogP contribution in [0.2, 0.25) is 0 Å². The number of anilines is 2. The molecule has 2 aliphatic heterocycles. The molecular weight excluding hydrogens is 580 g/mol. The molecule has 2 atom stereocenters. The third kappa shape index (κ3) is 2.74. The smallest absolute Gasteiger partial charge is 0.225 e. The molecule has 0 saturated carbocycles. The Kier molecular flexibility index (Phi) is 5.25. The summed E-state index contributed by atoms with van der Waals surface area (Å²) in [5.41, 5.74) is 3.13. The Morgan fingerprint density at radius 3 is 1.28 bits per heavy atom. The molecule has 0 spiro atoms. The molecule has 0 fully saturated rings. The van der Waals surface area contributed by atoms with Gasteiger partial charge in [0.05, 0.1) is 11.4 Å². The van der Waals surface area contributed by atoms with E-state index in [1.54, 1.807) is 13.8 Å². The first kappa shape index (κ1) is 23.2. The SMILES string of the molecule is CC(=O)N1c2ccc(Br)cc2[C@]2(c3ccccc3)N(C(C)=O)c3ccc(Br)cc3[C@@]12c1ccccc1. The fourth-order valence-electron chi connectivity index (χ4n) is 6.46. The van der Waals surface area contributed by atoms with Gasteiger partial charge >= 0.3 is 0 Å². The summed E-state index contributed by atoms with van der Waals surface area (Å²) in [6.45, 7) is 3.21. The summed E-state index contributed by atoms with van der Waals surface area (Å²) in [4.78, 5) is 31.3. The quantitative estimate of drug-likeness (QED) is 0.245. The van der Waals surface area contributed by atoms with Crippen molar-refractivity contribution in [1.29, 1.82) is 0 Å². The van der Waals surface area contributed by atoms with E-state index in [4.69, 9.17) is 0 Å². The van der Waals surface area contributed by atoms with Crippen molar-refractivity contribution in [2.24, 2.45) is 0 Å². The summed E-state index contributed by atoms with van der Waals surface area (Å²) in [5.74, 6) is -0.201. The number of carbonyl (C=O) groups is 2. The van der Waals surface area contributed by atoms with Gasteiger partial charge in [-0.1, -0.05) is 92.5 Å². The maximum Gasteiger partial charge on any atom is 0.225 e. The number of carbonyl (C=O) groups excluding carboxylic acids is 2. The minimum absolute atomic E-state index is 0.100. The van der Waals surface area contributed by atoms with E-state index in [1.165, 1.54) is 0 Å². The van der Waals surface area contributed by atoms with Gasteiger partial charge in [-0.2, -0.15) is 0 Å². The highest BCUT2D eigenvalue weighted by atomic mass is 79.9. The monoisotopic (exact) mass is 600 g/mol. The molecule has 6 rings (SSSR count). The summed E-state index contributed by atoms with van der Waals surface area (Å²) in [5, 5.41) is 0. The Balaban J connectivity index is 1.94. The minimum Gasteiger partial charge on any atom is -0.295 e. The van der Waals surface area contributed by atoms with E-state index in [9.17, 15) is 9.59 Å². The molecule has 2 aliphatic rings. The van der Waals surface area contributed by atoms with Crippen molar-refractivity contribution in [2.45, 2.75) is 24.9 Å². The van der Waals surface area contributed by atoms with Crippen molar-refractivity contribution in [3.05, 3.63) is 128 Å². The van der Waals surface area contributed by atoms with E-state index in [-0.39, 0.29) is 11.8 Å². The van der Waals surface area contributed by atoms with Gasteiger partial charge in [-0.15, -0.1) is 0 Å². The Morgan fingerprint density at radius 1 is 0.583 bits per heavy atom. The van der Waals surface area contributed by atoms with Crippen LogP contribution in [0.25, 0.3) is 0 Å². The molecule has 2 heterocycles. The van der Waals surface area contributed by atoms with Crippen molar-refractivity contribution in [3.8, 4) is 0 Å². The lowest BCUT2D eigenvalue weighted by molar-refractivity contribution is -0.119. The zero-order chi connectivity index (χ0) is 25.2. The third-order valence-electron chi connectivity index (χ3n) is 7.39. The molecule has 0 bridgehead atoms. The van der Waals surface area contributed by atoms with Crippen molar-refractivity contribution in [2.75, 3.05) is 9.80 Å². The summed E-state index contributed by atoms with van der Waals surface area (Å²) in [6.07, 6.45) is 0. The molecule has 4 nitrogen and oxygen atoms in total. The summed E-state index contributed by atoms with van der Waals surface area (Å²) in [6, 6.07) is 32.1. The predicted octanol–water partition coefficient (Wildman–Crippen LogP) is 7.13. The number of halogens is 2. The van der Waals surface area contributed by atoms with E-state index < -0.39 is 11.1 Å². The first-order chi connectivity index (χ1) is 17.3. The third-order valence-corrected chi connectivity index (χ3v) is 8.37. The van der Waals surface area contributed by atoms with E-state index in [2.05, 4.69) is 68.3 Å². The highest BCUT2D eigenvalue weighted by Gasteiger charge is 2.73. The first-order valence-electron chi connectivity index (χ1n) is 11.7. The van der Waals surface area contributed by atoms with Crippen LogP contribution in [-0.2, 0) is 20.7 Å². The van der Waals surface area contributed by atoms with Crippen LogP contribution in [0.15, 0.2) is 106 Å². The number of nitrogens with zero attached hydrogens (tertiary/aromatic N) is 2. The Morgan fingerprint density at radius 2 is 0.944 bits per heavy atom. The summed E-state index contributed by atoms with van der Waals surface area (Å²) in [7, 11) is 0. The number of amides is 2. The number of hydrogen-bond donors (Lipinski definition) is 0. The maximum atomic E-state index is 13.8. The Labute approximate surface area is 226 Å². The van der Waals surface area contributed by atoms with Gasteiger partial charge < -0.3 is 0 Å². The van der Waals surface area contributed by atoms with Gasteiger partial charge in [0.1, 0.15) is 11.1 Å². The molecule has 2 amide bonds. The van der Waals surface area contributed by atoms with Crippen molar-refractivity contribution in [1.82, 2.24) is 0 Å². The van der Waals surface area contributed by atoms with E-state index in [0.717, 1.165) is 42.6 Å². The molecule has 6 heteroatoms. The topological polar surface area (TPSA) is 40.6 Å². The lowest BCUT2D eigenvalue weighted by atomic mass is 9.65. The molecule has 0 aromatic heterocycles. The average molecular weight is 602 g/mol. The highest BCUT2D eigenvalue weighted by Crippen LogP contribution is 2.70. The average Bonchev–Trinajstić information content (AvgIpc) is 3.29. The number of fused-ring (bicyclic) bond motifs is 5. The van der Waals surface area contributed by atoms with Crippen molar-refractivity contribution in [3.63, 3.8) is 0 Å². The van der Waals surface area contributed by atoms with Crippen LogP contribution in [0.5, 0.6) is 0 Å². The molecule has 4 aromatic rings. The maximum absolute atomic E-state index is 13.8. The predicted molar refractivity (Wildman–Crippen MR) is 149 cm³/mol. The molecule has 4 aromatic carbocycles. The van der Waals surface area contributed by atoms with Crippen LogP contribution in [-0.4, -0.2) is 11.8 Å². The first-order valence-corrected chi connectivity index (χ1v) is 13.3. The number of benzene rings is 4. The van der Waals surface area contributed by atoms with Crippen LogP contribution in [0.4, 0.5) is 11.4 Å². The molecule has 0 unspecified atom stereocenters. The minimum atomic E-state index is -1.05. The van der Waals surface area contributed by atoms with Crippen LogP contribution < -0.4 is 9.80 Å². The second-order valence-corrected chi connectivity index (χ2v) is 11.0. The van der Waals surface area contributed by atoms with Crippen LogP contribution in [0, 0.1) is 0 Å². The van der Waals surface area contributed by atoms with E-state index in [0.29, 0.717) is 0 Å². The van der Waals surface area contributed by atoms with Gasteiger partial charge in [0.25, 0.3) is 0 Å². The van der Waals surface area contributed by atoms with Gasteiger partial charge in [-0.3, -0.25) is 19.4 Å². The molecule has 178 valence electrons. The second kappa shape index (κ2) is 8.15. The highest BCUT2D eigenvalue weighted by molar-refractivity contribution is 9.10. The molecule has 0 radical (unpaired) electrons. The molecule has 0 saturated heterocycles. The summed E-state index contributed by atoms with van der Waals surface area (Å²) < 4.78 is 1.76. The normalized spacial score (nSPS) is 21.7. The molecule has 0 N–H and O–H groups in total. The van der Waals surface area contributed by atoms with E-state index >= 15 is 0 Å². The second-order valence-electron chi connectivity index (χ2n) is 9.18. The van der Waals surface area contributed by atoms with Crippen LogP contribution in [0.1, 0.15) is 36.1 Å². The van der Waals surface area contributed by atoms with Gasteiger partial charge in [0.15, 0.2) is 0 Å². The van der Waals surface area contributed by atoms with Gasteiger partial charge in [-0.05, 0) is 47.5 Å².